The number of unbranched alkanes of at least 4 members (excludes halogenated alkanes) is 4. The molecule has 0 heterocycles. The van der Waals surface area contributed by atoms with E-state index in [1.54, 1.807) is 0 Å². The molecule has 0 unspecified atom stereocenters. The zero-order valence-corrected chi connectivity index (χ0v) is 15.6. The standard InChI is InChI=1S/C21H26N2OS/c1-2-3-4-5-8-16-22-21(25)23-20(24)15-14-18-12-9-11-17-10-6-7-13-19(17)18/h6-7,9-15H,2-5,8,16H2,1H3,(H2,22,23,24,25). The normalized spacial score (nSPS) is 10.9. The predicted molar refractivity (Wildman–Crippen MR) is 110 cm³/mol. The summed E-state index contributed by atoms with van der Waals surface area (Å²) in [5.41, 5.74) is 1.02. The van der Waals surface area contributed by atoms with Crippen LogP contribution in [0, 0.1) is 0 Å². The Kier molecular flexibility index (Phi) is 8.13. The van der Waals surface area contributed by atoms with Crippen LogP contribution < -0.4 is 10.6 Å². The van der Waals surface area contributed by atoms with Crippen LogP contribution in [0.2, 0.25) is 0 Å². The molecule has 25 heavy (non-hydrogen) atoms. The number of benzene rings is 2. The van der Waals surface area contributed by atoms with Crippen molar-refractivity contribution in [3.05, 3.63) is 54.1 Å². The second-order valence-electron chi connectivity index (χ2n) is 6.06. The minimum absolute atomic E-state index is 0.212. The molecule has 0 fully saturated rings. The monoisotopic (exact) mass is 354 g/mol. The maximum absolute atomic E-state index is 12.0. The van der Waals surface area contributed by atoms with E-state index in [9.17, 15) is 4.79 Å². The highest BCUT2D eigenvalue weighted by atomic mass is 32.1. The molecule has 0 radical (unpaired) electrons. The van der Waals surface area contributed by atoms with Gasteiger partial charge in [-0.1, -0.05) is 75.1 Å². The zero-order chi connectivity index (χ0) is 17.9. The molecular weight excluding hydrogens is 328 g/mol. The summed E-state index contributed by atoms with van der Waals surface area (Å²) in [6.07, 6.45) is 9.39. The first kappa shape index (κ1) is 19.1. The van der Waals surface area contributed by atoms with Crippen molar-refractivity contribution in [3.63, 3.8) is 0 Å². The molecule has 0 aromatic heterocycles. The number of nitrogens with one attached hydrogen (secondary N) is 2. The largest absolute Gasteiger partial charge is 0.362 e. The Morgan fingerprint density at radius 1 is 1.04 bits per heavy atom. The number of amides is 1. The summed E-state index contributed by atoms with van der Waals surface area (Å²) in [4.78, 5) is 12.0. The van der Waals surface area contributed by atoms with E-state index in [-0.39, 0.29) is 5.91 Å². The van der Waals surface area contributed by atoms with Crippen LogP contribution in [0.5, 0.6) is 0 Å². The zero-order valence-electron chi connectivity index (χ0n) is 14.8. The predicted octanol–water partition coefficient (Wildman–Crippen LogP) is 4.81. The van der Waals surface area contributed by atoms with Gasteiger partial charge in [-0.25, -0.2) is 0 Å². The number of rotatable bonds is 8. The summed E-state index contributed by atoms with van der Waals surface area (Å²) >= 11 is 5.16. The van der Waals surface area contributed by atoms with Crippen LogP contribution in [0.3, 0.4) is 0 Å². The third-order valence-electron chi connectivity index (χ3n) is 4.04. The first-order valence-corrected chi connectivity index (χ1v) is 9.36. The van der Waals surface area contributed by atoms with Crippen molar-refractivity contribution in [2.75, 3.05) is 6.54 Å². The Labute approximate surface area is 155 Å². The second kappa shape index (κ2) is 10.6. The molecule has 0 atom stereocenters. The van der Waals surface area contributed by atoms with Crippen LogP contribution in [0.4, 0.5) is 0 Å². The maximum Gasteiger partial charge on any atom is 0.250 e. The lowest BCUT2D eigenvalue weighted by Crippen LogP contribution is -2.38. The number of hydrogen-bond donors (Lipinski definition) is 2. The summed E-state index contributed by atoms with van der Waals surface area (Å²) in [6, 6.07) is 14.2. The van der Waals surface area contributed by atoms with Gasteiger partial charge in [0.15, 0.2) is 5.11 Å². The molecule has 3 nitrogen and oxygen atoms in total. The van der Waals surface area contributed by atoms with Crippen molar-refractivity contribution >= 4 is 40.1 Å². The molecule has 0 spiro atoms. The van der Waals surface area contributed by atoms with Crippen molar-refractivity contribution in [2.45, 2.75) is 39.0 Å². The average molecular weight is 355 g/mol. The lowest BCUT2D eigenvalue weighted by atomic mass is 10.0. The van der Waals surface area contributed by atoms with Crippen molar-refractivity contribution < 1.29 is 4.79 Å². The smallest absolute Gasteiger partial charge is 0.250 e. The SMILES string of the molecule is CCCCCCCNC(=S)NC(=O)C=Cc1cccc2ccccc12. The Morgan fingerprint density at radius 3 is 2.64 bits per heavy atom. The van der Waals surface area contributed by atoms with E-state index >= 15 is 0 Å². The van der Waals surface area contributed by atoms with E-state index in [0.29, 0.717) is 5.11 Å². The number of thiocarbonyl (C=S) groups is 1. The van der Waals surface area contributed by atoms with Gasteiger partial charge in [0.05, 0.1) is 0 Å². The van der Waals surface area contributed by atoms with Gasteiger partial charge in [0.1, 0.15) is 0 Å². The number of carbonyl (C=O) groups is 1. The van der Waals surface area contributed by atoms with Gasteiger partial charge < -0.3 is 5.32 Å². The van der Waals surface area contributed by atoms with Gasteiger partial charge >= 0.3 is 0 Å². The van der Waals surface area contributed by atoms with E-state index in [0.717, 1.165) is 29.3 Å². The first-order valence-electron chi connectivity index (χ1n) is 8.95. The van der Waals surface area contributed by atoms with Gasteiger partial charge in [0, 0.05) is 12.6 Å². The Hall–Kier alpha value is -2.20. The molecule has 0 aliphatic heterocycles. The van der Waals surface area contributed by atoms with Gasteiger partial charge in [-0.05, 0) is 41.1 Å². The molecule has 2 N–H and O–H groups in total. The van der Waals surface area contributed by atoms with Crippen LogP contribution in [0.25, 0.3) is 16.8 Å². The molecule has 2 rings (SSSR count). The summed E-state index contributed by atoms with van der Waals surface area (Å²) in [5, 5.41) is 8.45. The number of fused-ring (bicyclic) bond motifs is 1. The topological polar surface area (TPSA) is 41.1 Å². The minimum Gasteiger partial charge on any atom is -0.362 e. The van der Waals surface area contributed by atoms with E-state index in [1.165, 1.54) is 31.8 Å². The molecule has 132 valence electrons. The van der Waals surface area contributed by atoms with E-state index < -0.39 is 0 Å². The van der Waals surface area contributed by atoms with Gasteiger partial charge in [0.25, 0.3) is 0 Å². The fourth-order valence-corrected chi connectivity index (χ4v) is 2.89. The van der Waals surface area contributed by atoms with Crippen LogP contribution in [-0.4, -0.2) is 17.6 Å². The van der Waals surface area contributed by atoms with E-state index in [1.807, 2.05) is 30.3 Å². The minimum atomic E-state index is -0.212. The summed E-state index contributed by atoms with van der Waals surface area (Å²) in [6.45, 7) is 3.00. The van der Waals surface area contributed by atoms with Crippen LogP contribution >= 0.6 is 12.2 Å². The second-order valence-corrected chi connectivity index (χ2v) is 6.47. The van der Waals surface area contributed by atoms with Crippen LogP contribution in [0.15, 0.2) is 48.5 Å². The molecule has 4 heteroatoms. The van der Waals surface area contributed by atoms with Crippen LogP contribution in [-0.2, 0) is 4.79 Å². The number of hydrogen-bond acceptors (Lipinski definition) is 2. The van der Waals surface area contributed by atoms with Crippen molar-refractivity contribution in [1.29, 1.82) is 0 Å². The molecule has 0 aliphatic rings. The Morgan fingerprint density at radius 2 is 1.80 bits per heavy atom. The van der Waals surface area contributed by atoms with Gasteiger partial charge in [0.2, 0.25) is 5.91 Å². The molecule has 0 aliphatic carbocycles. The highest BCUT2D eigenvalue weighted by molar-refractivity contribution is 7.80. The summed E-state index contributed by atoms with van der Waals surface area (Å²) < 4.78 is 0. The maximum atomic E-state index is 12.0. The van der Waals surface area contributed by atoms with Crippen molar-refractivity contribution in [1.82, 2.24) is 10.6 Å². The third kappa shape index (κ3) is 6.67. The van der Waals surface area contributed by atoms with E-state index in [2.05, 4.69) is 35.8 Å². The highest BCUT2D eigenvalue weighted by Gasteiger charge is 2.01. The molecule has 2 aromatic carbocycles. The molecule has 0 saturated heterocycles. The average Bonchev–Trinajstić information content (AvgIpc) is 2.63. The lowest BCUT2D eigenvalue weighted by molar-refractivity contribution is -0.115. The van der Waals surface area contributed by atoms with Gasteiger partial charge in [-0.2, -0.15) is 0 Å². The number of carbonyl (C=O) groups excluding carboxylic acids is 1. The van der Waals surface area contributed by atoms with Gasteiger partial charge in [-0.3, -0.25) is 10.1 Å². The third-order valence-corrected chi connectivity index (χ3v) is 4.29. The molecule has 2 aromatic rings. The molecule has 0 saturated carbocycles. The fourth-order valence-electron chi connectivity index (χ4n) is 2.69. The fraction of sp³-hybridized carbons (Fsp3) is 0.333. The molecule has 1 amide bonds. The molecular formula is C21H26N2OS. The van der Waals surface area contributed by atoms with Crippen molar-refractivity contribution in [2.24, 2.45) is 0 Å². The van der Waals surface area contributed by atoms with Gasteiger partial charge in [-0.15, -0.1) is 0 Å². The molecule has 0 bridgehead atoms. The Bertz CT molecular complexity index is 734. The first-order chi connectivity index (χ1) is 12.2. The van der Waals surface area contributed by atoms with E-state index in [4.69, 9.17) is 12.2 Å². The quantitative estimate of drug-likeness (QED) is 0.406. The Balaban J connectivity index is 1.79. The van der Waals surface area contributed by atoms with Crippen molar-refractivity contribution in [3.8, 4) is 0 Å². The summed E-state index contributed by atoms with van der Waals surface area (Å²) in [7, 11) is 0. The highest BCUT2D eigenvalue weighted by Crippen LogP contribution is 2.19. The lowest BCUT2D eigenvalue weighted by Gasteiger charge is -2.08. The van der Waals surface area contributed by atoms with Crippen LogP contribution in [0.1, 0.15) is 44.6 Å². The summed E-state index contributed by atoms with van der Waals surface area (Å²) in [5.74, 6) is -0.212.